The highest BCUT2D eigenvalue weighted by molar-refractivity contribution is 7.68. The molecule has 3 aromatic carbocycles. The monoisotopic (exact) mass is 312 g/mol. The Morgan fingerprint density at radius 1 is 0.619 bits per heavy atom. The summed E-state index contributed by atoms with van der Waals surface area (Å²) in [5, 5.41) is 3.06. The van der Waals surface area contributed by atoms with Gasteiger partial charge < -0.3 is 4.52 Å². The van der Waals surface area contributed by atoms with Crippen LogP contribution in [0.4, 0.5) is 0 Å². The summed E-state index contributed by atoms with van der Waals surface area (Å²) >= 11 is 5.99. The maximum atomic E-state index is 6.25. The molecule has 3 heteroatoms. The van der Waals surface area contributed by atoms with E-state index in [4.69, 9.17) is 16.1 Å². The van der Waals surface area contributed by atoms with E-state index >= 15 is 0 Å². The molecule has 0 aliphatic rings. The molecule has 1 unspecified atom stereocenters. The standard InChI is InChI=1S/C18H14ClOP/c19-15-11-13-18(14-12-15)21(17-9-5-2-6-10-17)20-16-7-3-1-4-8-16/h1-14H. The minimum absolute atomic E-state index is 0.737. The summed E-state index contributed by atoms with van der Waals surface area (Å²) < 4.78 is 6.25. The Bertz CT molecular complexity index is 683. The van der Waals surface area contributed by atoms with Gasteiger partial charge in [0.05, 0.1) is 0 Å². The molecule has 0 radical (unpaired) electrons. The lowest BCUT2D eigenvalue weighted by Gasteiger charge is -2.19. The van der Waals surface area contributed by atoms with Crippen LogP contribution in [0.2, 0.25) is 5.02 Å². The second-order valence-electron chi connectivity index (χ2n) is 4.51. The third kappa shape index (κ3) is 3.64. The van der Waals surface area contributed by atoms with Crippen molar-refractivity contribution in [2.75, 3.05) is 0 Å². The average molecular weight is 313 g/mol. The van der Waals surface area contributed by atoms with E-state index in [1.54, 1.807) is 0 Å². The summed E-state index contributed by atoms with van der Waals surface area (Å²) in [4.78, 5) is 0. The highest BCUT2D eigenvalue weighted by Gasteiger charge is 2.16. The van der Waals surface area contributed by atoms with Gasteiger partial charge in [0.2, 0.25) is 0 Å². The van der Waals surface area contributed by atoms with Crippen LogP contribution in [0, 0.1) is 0 Å². The van der Waals surface area contributed by atoms with E-state index < -0.39 is 8.15 Å². The highest BCUT2D eigenvalue weighted by atomic mass is 35.5. The zero-order valence-electron chi connectivity index (χ0n) is 11.3. The van der Waals surface area contributed by atoms with E-state index in [0.717, 1.165) is 16.1 Å². The Balaban J connectivity index is 1.97. The molecule has 21 heavy (non-hydrogen) atoms. The van der Waals surface area contributed by atoms with Crippen LogP contribution >= 0.6 is 19.7 Å². The lowest BCUT2D eigenvalue weighted by atomic mass is 10.3. The number of hydrogen-bond acceptors (Lipinski definition) is 1. The van der Waals surface area contributed by atoms with Crippen molar-refractivity contribution in [3.63, 3.8) is 0 Å². The molecule has 0 N–H and O–H groups in total. The Morgan fingerprint density at radius 2 is 1.14 bits per heavy atom. The second kappa shape index (κ2) is 6.76. The van der Waals surface area contributed by atoms with Crippen LogP contribution < -0.4 is 15.1 Å². The van der Waals surface area contributed by atoms with Gasteiger partial charge in [-0.15, -0.1) is 0 Å². The Morgan fingerprint density at radius 3 is 1.76 bits per heavy atom. The Kier molecular flexibility index (Phi) is 4.55. The molecule has 0 saturated carbocycles. The molecule has 0 aliphatic heterocycles. The molecule has 0 saturated heterocycles. The molecule has 1 nitrogen and oxygen atoms in total. The van der Waals surface area contributed by atoms with Crippen molar-refractivity contribution < 1.29 is 4.52 Å². The fourth-order valence-corrected chi connectivity index (χ4v) is 3.81. The number of rotatable bonds is 4. The first-order valence-corrected chi connectivity index (χ1v) is 8.30. The van der Waals surface area contributed by atoms with Crippen LogP contribution in [-0.2, 0) is 0 Å². The van der Waals surface area contributed by atoms with Crippen LogP contribution in [0.15, 0.2) is 84.9 Å². The molecular weight excluding hydrogens is 299 g/mol. The minimum Gasteiger partial charge on any atom is -0.464 e. The molecule has 1 atom stereocenters. The van der Waals surface area contributed by atoms with E-state index in [1.165, 1.54) is 5.30 Å². The van der Waals surface area contributed by atoms with Crippen LogP contribution in [0.25, 0.3) is 0 Å². The van der Waals surface area contributed by atoms with Crippen molar-refractivity contribution in [1.82, 2.24) is 0 Å². The summed E-state index contributed by atoms with van der Waals surface area (Å²) in [5.74, 6) is 0.877. The van der Waals surface area contributed by atoms with Gasteiger partial charge in [0.25, 0.3) is 0 Å². The van der Waals surface area contributed by atoms with E-state index in [9.17, 15) is 0 Å². The Hall–Kier alpha value is -1.82. The van der Waals surface area contributed by atoms with Gasteiger partial charge in [-0.3, -0.25) is 0 Å². The molecule has 0 amide bonds. The molecule has 0 heterocycles. The summed E-state index contributed by atoms with van der Waals surface area (Å²) in [6.45, 7) is 0. The smallest absolute Gasteiger partial charge is 0.150 e. The summed E-state index contributed by atoms with van der Waals surface area (Å²) in [5.41, 5.74) is 0. The van der Waals surface area contributed by atoms with Crippen molar-refractivity contribution in [1.29, 1.82) is 0 Å². The predicted molar refractivity (Wildman–Crippen MR) is 91.2 cm³/mol. The molecule has 0 fully saturated rings. The third-order valence-electron chi connectivity index (χ3n) is 2.99. The first-order chi connectivity index (χ1) is 10.3. The van der Waals surface area contributed by atoms with Crippen LogP contribution in [0.5, 0.6) is 5.75 Å². The second-order valence-corrected chi connectivity index (χ2v) is 6.75. The number of para-hydroxylation sites is 1. The topological polar surface area (TPSA) is 9.23 Å². The van der Waals surface area contributed by atoms with Crippen molar-refractivity contribution >= 4 is 30.4 Å². The zero-order chi connectivity index (χ0) is 14.5. The molecule has 3 rings (SSSR count). The van der Waals surface area contributed by atoms with Crippen molar-refractivity contribution in [3.05, 3.63) is 90.0 Å². The van der Waals surface area contributed by atoms with E-state index in [1.807, 2.05) is 72.8 Å². The van der Waals surface area contributed by atoms with Gasteiger partial charge >= 0.3 is 0 Å². The van der Waals surface area contributed by atoms with Crippen molar-refractivity contribution in [2.24, 2.45) is 0 Å². The summed E-state index contributed by atoms with van der Waals surface area (Å²) in [6.07, 6.45) is 0. The summed E-state index contributed by atoms with van der Waals surface area (Å²) in [7, 11) is -0.898. The number of hydrogen-bond donors (Lipinski definition) is 0. The molecule has 0 bridgehead atoms. The molecule has 0 spiro atoms. The van der Waals surface area contributed by atoms with Crippen LogP contribution in [-0.4, -0.2) is 0 Å². The zero-order valence-corrected chi connectivity index (χ0v) is 13.0. The third-order valence-corrected chi connectivity index (χ3v) is 5.17. The SMILES string of the molecule is Clc1ccc(P(Oc2ccccc2)c2ccccc2)cc1. The van der Waals surface area contributed by atoms with Gasteiger partial charge in [0.1, 0.15) is 5.75 Å². The Labute approximate surface area is 131 Å². The lowest BCUT2D eigenvalue weighted by molar-refractivity contribution is 0.630. The van der Waals surface area contributed by atoms with Crippen LogP contribution in [0.1, 0.15) is 0 Å². The normalized spacial score (nSPS) is 11.9. The van der Waals surface area contributed by atoms with Gasteiger partial charge in [-0.1, -0.05) is 60.1 Å². The summed E-state index contributed by atoms with van der Waals surface area (Å²) in [6, 6.07) is 28.1. The number of benzene rings is 3. The van der Waals surface area contributed by atoms with E-state index in [-0.39, 0.29) is 0 Å². The molecule has 3 aromatic rings. The van der Waals surface area contributed by atoms with Gasteiger partial charge in [0, 0.05) is 15.6 Å². The first kappa shape index (κ1) is 14.1. The molecular formula is C18H14ClOP. The maximum absolute atomic E-state index is 6.25. The van der Waals surface area contributed by atoms with Crippen molar-refractivity contribution in [2.45, 2.75) is 0 Å². The quantitative estimate of drug-likeness (QED) is 0.631. The minimum atomic E-state index is -0.898. The van der Waals surface area contributed by atoms with E-state index in [2.05, 4.69) is 12.1 Å². The fourth-order valence-electron chi connectivity index (χ4n) is 1.98. The predicted octanol–water partition coefficient (Wildman–Crippen LogP) is 4.77. The van der Waals surface area contributed by atoms with Crippen molar-refractivity contribution in [3.8, 4) is 5.75 Å². The van der Waals surface area contributed by atoms with Crippen LogP contribution in [0.3, 0.4) is 0 Å². The van der Waals surface area contributed by atoms with Gasteiger partial charge in [0.15, 0.2) is 8.15 Å². The number of halogens is 1. The largest absolute Gasteiger partial charge is 0.464 e. The van der Waals surface area contributed by atoms with Gasteiger partial charge in [-0.05, 0) is 36.4 Å². The molecule has 0 aliphatic carbocycles. The lowest BCUT2D eigenvalue weighted by Crippen LogP contribution is -2.15. The van der Waals surface area contributed by atoms with E-state index in [0.29, 0.717) is 0 Å². The molecule has 104 valence electrons. The van der Waals surface area contributed by atoms with Gasteiger partial charge in [-0.2, -0.15) is 0 Å². The van der Waals surface area contributed by atoms with Gasteiger partial charge in [-0.25, -0.2) is 0 Å². The maximum Gasteiger partial charge on any atom is 0.150 e. The fraction of sp³-hybridized carbons (Fsp3) is 0. The first-order valence-electron chi connectivity index (χ1n) is 6.67. The average Bonchev–Trinajstić information content (AvgIpc) is 2.55. The highest BCUT2D eigenvalue weighted by Crippen LogP contribution is 2.36. The molecule has 0 aromatic heterocycles.